The van der Waals surface area contributed by atoms with Crippen molar-refractivity contribution in [2.75, 3.05) is 25.5 Å². The molecule has 2 nitrogen and oxygen atoms in total. The van der Waals surface area contributed by atoms with Gasteiger partial charge in [-0.3, -0.25) is 0 Å². The van der Waals surface area contributed by atoms with Crippen molar-refractivity contribution < 1.29 is 0 Å². The van der Waals surface area contributed by atoms with Crippen LogP contribution in [0.15, 0.2) is 18.2 Å². The van der Waals surface area contributed by atoms with Crippen LogP contribution in [0.4, 0.5) is 5.69 Å². The minimum atomic E-state index is 0.336. The highest BCUT2D eigenvalue weighted by molar-refractivity contribution is 6.33. The SMILES string of the molecule is CCCCN(C)c1ccc(C(C)NC)cc1Cl. The molecule has 0 spiro atoms. The first-order valence-electron chi connectivity index (χ1n) is 6.28. The minimum Gasteiger partial charge on any atom is -0.373 e. The fraction of sp³-hybridized carbons (Fsp3) is 0.571. The molecule has 0 amide bonds. The number of nitrogens with one attached hydrogen (secondary N) is 1. The minimum absolute atomic E-state index is 0.336. The lowest BCUT2D eigenvalue weighted by Gasteiger charge is -2.21. The van der Waals surface area contributed by atoms with Crippen molar-refractivity contribution >= 4 is 17.3 Å². The lowest BCUT2D eigenvalue weighted by Crippen LogP contribution is -2.19. The quantitative estimate of drug-likeness (QED) is 0.830. The predicted molar refractivity (Wildman–Crippen MR) is 77.1 cm³/mol. The van der Waals surface area contributed by atoms with Gasteiger partial charge in [0, 0.05) is 19.6 Å². The first kappa shape index (κ1) is 14.3. The van der Waals surface area contributed by atoms with E-state index in [2.05, 4.69) is 49.3 Å². The van der Waals surface area contributed by atoms with E-state index < -0.39 is 0 Å². The number of nitrogens with zero attached hydrogens (tertiary/aromatic N) is 1. The van der Waals surface area contributed by atoms with E-state index in [1.165, 1.54) is 18.4 Å². The molecule has 0 aliphatic heterocycles. The van der Waals surface area contributed by atoms with Gasteiger partial charge >= 0.3 is 0 Å². The van der Waals surface area contributed by atoms with Crippen LogP contribution < -0.4 is 10.2 Å². The number of rotatable bonds is 6. The number of benzene rings is 1. The maximum Gasteiger partial charge on any atom is 0.0642 e. The van der Waals surface area contributed by atoms with E-state index in [-0.39, 0.29) is 0 Å². The average Bonchev–Trinajstić information content (AvgIpc) is 2.34. The molecule has 0 heterocycles. The number of anilines is 1. The van der Waals surface area contributed by atoms with Gasteiger partial charge in [0.15, 0.2) is 0 Å². The third kappa shape index (κ3) is 3.90. The maximum absolute atomic E-state index is 6.33. The molecule has 1 aromatic rings. The third-order valence-corrected chi connectivity index (χ3v) is 3.47. The lowest BCUT2D eigenvalue weighted by atomic mass is 10.1. The van der Waals surface area contributed by atoms with Crippen molar-refractivity contribution in [1.82, 2.24) is 5.32 Å². The first-order chi connectivity index (χ1) is 8.10. The fourth-order valence-electron chi connectivity index (χ4n) is 1.78. The topological polar surface area (TPSA) is 15.3 Å². The molecule has 0 aliphatic carbocycles. The summed E-state index contributed by atoms with van der Waals surface area (Å²) in [6, 6.07) is 6.65. The Morgan fingerprint density at radius 2 is 2.12 bits per heavy atom. The highest BCUT2D eigenvalue weighted by atomic mass is 35.5. The van der Waals surface area contributed by atoms with Crippen molar-refractivity contribution in [1.29, 1.82) is 0 Å². The fourth-order valence-corrected chi connectivity index (χ4v) is 2.12. The predicted octanol–water partition coefficient (Wildman–Crippen LogP) is 3.86. The van der Waals surface area contributed by atoms with Crippen LogP contribution >= 0.6 is 11.6 Å². The van der Waals surface area contributed by atoms with Crippen LogP contribution in [0, 0.1) is 0 Å². The Morgan fingerprint density at radius 1 is 1.41 bits per heavy atom. The van der Waals surface area contributed by atoms with Crippen molar-refractivity contribution in [3.8, 4) is 0 Å². The Kier molecular flexibility index (Phi) is 5.79. The van der Waals surface area contributed by atoms with Gasteiger partial charge in [-0.25, -0.2) is 0 Å². The highest BCUT2D eigenvalue weighted by Crippen LogP contribution is 2.28. The summed E-state index contributed by atoms with van der Waals surface area (Å²) in [4.78, 5) is 2.22. The first-order valence-corrected chi connectivity index (χ1v) is 6.65. The largest absolute Gasteiger partial charge is 0.373 e. The molecular formula is C14H23ClN2. The smallest absolute Gasteiger partial charge is 0.0642 e. The summed E-state index contributed by atoms with van der Waals surface area (Å²) in [5, 5.41) is 4.06. The molecule has 0 aromatic heterocycles. The second kappa shape index (κ2) is 6.87. The van der Waals surface area contributed by atoms with Gasteiger partial charge in [-0.15, -0.1) is 0 Å². The molecule has 0 saturated carbocycles. The van der Waals surface area contributed by atoms with Crippen LogP contribution in [-0.4, -0.2) is 20.6 Å². The molecule has 0 bridgehead atoms. The van der Waals surface area contributed by atoms with Crippen LogP contribution in [0.3, 0.4) is 0 Å². The van der Waals surface area contributed by atoms with Gasteiger partial charge in [-0.2, -0.15) is 0 Å². The van der Waals surface area contributed by atoms with E-state index >= 15 is 0 Å². The Balaban J connectivity index is 2.82. The Labute approximate surface area is 110 Å². The Hall–Kier alpha value is -0.730. The van der Waals surface area contributed by atoms with E-state index in [4.69, 9.17) is 11.6 Å². The molecule has 0 aliphatic rings. The van der Waals surface area contributed by atoms with Gasteiger partial charge in [-0.1, -0.05) is 31.0 Å². The van der Waals surface area contributed by atoms with Crippen LogP contribution in [0.5, 0.6) is 0 Å². The van der Waals surface area contributed by atoms with Crippen LogP contribution in [0.2, 0.25) is 5.02 Å². The van der Waals surface area contributed by atoms with Crippen LogP contribution in [0.1, 0.15) is 38.3 Å². The molecule has 17 heavy (non-hydrogen) atoms. The van der Waals surface area contributed by atoms with Crippen molar-refractivity contribution in [3.05, 3.63) is 28.8 Å². The molecule has 0 radical (unpaired) electrons. The summed E-state index contributed by atoms with van der Waals surface area (Å²) in [7, 11) is 4.05. The highest BCUT2D eigenvalue weighted by Gasteiger charge is 2.09. The monoisotopic (exact) mass is 254 g/mol. The molecule has 0 saturated heterocycles. The van der Waals surface area contributed by atoms with Gasteiger partial charge in [-0.05, 0) is 38.1 Å². The van der Waals surface area contributed by atoms with E-state index in [0.29, 0.717) is 6.04 Å². The summed E-state index contributed by atoms with van der Waals surface area (Å²) in [6.45, 7) is 5.39. The Bertz CT molecular complexity index is 352. The van der Waals surface area contributed by atoms with Crippen molar-refractivity contribution in [2.45, 2.75) is 32.7 Å². The molecule has 0 fully saturated rings. The van der Waals surface area contributed by atoms with E-state index in [9.17, 15) is 0 Å². The zero-order valence-electron chi connectivity index (χ0n) is 11.3. The second-order valence-electron chi connectivity index (χ2n) is 4.50. The normalized spacial score (nSPS) is 12.5. The van der Waals surface area contributed by atoms with E-state index in [0.717, 1.165) is 17.3 Å². The zero-order valence-corrected chi connectivity index (χ0v) is 12.0. The summed E-state index contributed by atoms with van der Waals surface area (Å²) in [5.41, 5.74) is 2.34. The van der Waals surface area contributed by atoms with Gasteiger partial charge < -0.3 is 10.2 Å². The number of hydrogen-bond acceptors (Lipinski definition) is 2. The van der Waals surface area contributed by atoms with Gasteiger partial charge in [0.05, 0.1) is 10.7 Å². The van der Waals surface area contributed by atoms with Crippen LogP contribution in [0.25, 0.3) is 0 Å². The lowest BCUT2D eigenvalue weighted by molar-refractivity contribution is 0.652. The number of halogens is 1. The van der Waals surface area contributed by atoms with E-state index in [1.54, 1.807) is 0 Å². The molecular weight excluding hydrogens is 232 g/mol. The van der Waals surface area contributed by atoms with Crippen LogP contribution in [-0.2, 0) is 0 Å². The molecule has 1 atom stereocenters. The van der Waals surface area contributed by atoms with Crippen molar-refractivity contribution in [3.63, 3.8) is 0 Å². The van der Waals surface area contributed by atoms with E-state index in [1.807, 2.05) is 7.05 Å². The van der Waals surface area contributed by atoms with Gasteiger partial charge in [0.2, 0.25) is 0 Å². The Morgan fingerprint density at radius 3 is 2.65 bits per heavy atom. The van der Waals surface area contributed by atoms with Gasteiger partial charge in [0.25, 0.3) is 0 Å². The van der Waals surface area contributed by atoms with Crippen molar-refractivity contribution in [2.24, 2.45) is 0 Å². The van der Waals surface area contributed by atoms with Gasteiger partial charge in [0.1, 0.15) is 0 Å². The standard InChI is InChI=1S/C14H23ClN2/c1-5-6-9-17(4)14-8-7-12(10-13(14)15)11(2)16-3/h7-8,10-11,16H,5-6,9H2,1-4H3. The molecule has 1 unspecified atom stereocenters. The number of unbranched alkanes of at least 4 members (excludes halogenated alkanes) is 1. The summed E-state index contributed by atoms with van der Waals surface area (Å²) < 4.78 is 0. The number of hydrogen-bond donors (Lipinski definition) is 1. The maximum atomic E-state index is 6.33. The summed E-state index contributed by atoms with van der Waals surface area (Å²) >= 11 is 6.33. The molecule has 3 heteroatoms. The third-order valence-electron chi connectivity index (χ3n) is 3.16. The second-order valence-corrected chi connectivity index (χ2v) is 4.90. The molecule has 1 aromatic carbocycles. The zero-order chi connectivity index (χ0) is 12.8. The summed E-state index contributed by atoms with van der Waals surface area (Å²) in [5.74, 6) is 0. The molecule has 96 valence electrons. The molecule has 1 N–H and O–H groups in total. The molecule has 1 rings (SSSR count). The summed E-state index contributed by atoms with van der Waals surface area (Å²) in [6.07, 6.45) is 2.40. The average molecular weight is 255 g/mol.